The Hall–Kier alpha value is -2.08. The molecule has 6 heteroatoms. The van der Waals surface area contributed by atoms with E-state index < -0.39 is 0 Å². The molecule has 1 saturated heterocycles. The van der Waals surface area contributed by atoms with Crippen molar-refractivity contribution in [1.82, 2.24) is 5.32 Å². The predicted octanol–water partition coefficient (Wildman–Crippen LogP) is 1.20. The fourth-order valence-electron chi connectivity index (χ4n) is 2.18. The molecule has 0 aromatic heterocycles. The number of hydrogen-bond donors (Lipinski definition) is 1. The van der Waals surface area contributed by atoms with Crippen LogP contribution in [0, 0.1) is 5.92 Å². The Labute approximate surface area is 130 Å². The summed E-state index contributed by atoms with van der Waals surface area (Å²) in [4.78, 5) is 25.3. The van der Waals surface area contributed by atoms with Gasteiger partial charge < -0.3 is 19.7 Å². The van der Waals surface area contributed by atoms with Gasteiger partial charge in [-0.1, -0.05) is 13.8 Å². The first-order valence-corrected chi connectivity index (χ1v) is 7.35. The van der Waals surface area contributed by atoms with Crippen molar-refractivity contribution in [3.05, 3.63) is 24.3 Å². The molecule has 1 aliphatic rings. The molecule has 120 valence electrons. The molecule has 1 aliphatic heterocycles. The molecular formula is C16H22N2O4. The number of hydrogen-bond acceptors (Lipinski definition) is 4. The van der Waals surface area contributed by atoms with E-state index in [4.69, 9.17) is 9.47 Å². The molecule has 1 aromatic carbocycles. The number of carbonyl (C=O) groups excluding carboxylic acids is 2. The number of anilines is 1. The van der Waals surface area contributed by atoms with Crippen LogP contribution >= 0.6 is 0 Å². The fourth-order valence-corrected chi connectivity index (χ4v) is 2.18. The number of ether oxygens (including phenoxy) is 2. The first-order chi connectivity index (χ1) is 10.5. The van der Waals surface area contributed by atoms with E-state index in [-0.39, 0.29) is 30.4 Å². The predicted molar refractivity (Wildman–Crippen MR) is 82.9 cm³/mol. The van der Waals surface area contributed by atoms with Crippen molar-refractivity contribution < 1.29 is 19.1 Å². The first-order valence-electron chi connectivity index (χ1n) is 7.35. The molecule has 22 heavy (non-hydrogen) atoms. The van der Waals surface area contributed by atoms with Gasteiger partial charge in [-0.2, -0.15) is 0 Å². The third kappa shape index (κ3) is 3.98. The highest BCUT2D eigenvalue weighted by Gasteiger charge is 2.27. The second kappa shape index (κ2) is 7.26. The van der Waals surface area contributed by atoms with Gasteiger partial charge in [0.15, 0.2) is 0 Å². The van der Waals surface area contributed by atoms with Gasteiger partial charge in [-0.3, -0.25) is 9.59 Å². The lowest BCUT2D eigenvalue weighted by atomic mass is 10.2. The molecule has 1 aromatic rings. The molecule has 2 amide bonds. The van der Waals surface area contributed by atoms with Crippen molar-refractivity contribution in [1.29, 1.82) is 0 Å². The summed E-state index contributed by atoms with van der Waals surface area (Å²) in [6, 6.07) is 7.30. The smallest absolute Gasteiger partial charge is 0.253 e. The largest absolute Gasteiger partial charge is 0.497 e. The SMILES string of the molecule is COc1ccc(N2CC(CNC(=O)C(C)C)OCC2=O)cc1. The number of carbonyl (C=O) groups is 2. The minimum Gasteiger partial charge on any atom is -0.497 e. The van der Waals surface area contributed by atoms with Crippen LogP contribution in [0.2, 0.25) is 0 Å². The summed E-state index contributed by atoms with van der Waals surface area (Å²) in [5.41, 5.74) is 0.800. The first kappa shape index (κ1) is 16.3. The van der Waals surface area contributed by atoms with Gasteiger partial charge in [-0.05, 0) is 24.3 Å². The van der Waals surface area contributed by atoms with Crippen LogP contribution in [0.4, 0.5) is 5.69 Å². The number of nitrogens with zero attached hydrogens (tertiary/aromatic N) is 1. The van der Waals surface area contributed by atoms with Crippen molar-refractivity contribution in [3.63, 3.8) is 0 Å². The number of methoxy groups -OCH3 is 1. The highest BCUT2D eigenvalue weighted by atomic mass is 16.5. The van der Waals surface area contributed by atoms with Crippen molar-refractivity contribution in [3.8, 4) is 5.75 Å². The minimum absolute atomic E-state index is 0.0171. The average Bonchev–Trinajstić information content (AvgIpc) is 2.53. The van der Waals surface area contributed by atoms with Crippen LogP contribution in [0.25, 0.3) is 0 Å². The van der Waals surface area contributed by atoms with Gasteiger partial charge in [0, 0.05) is 18.2 Å². The van der Waals surface area contributed by atoms with Crippen molar-refractivity contribution in [2.45, 2.75) is 20.0 Å². The molecule has 6 nitrogen and oxygen atoms in total. The second-order valence-electron chi connectivity index (χ2n) is 5.54. The fraction of sp³-hybridized carbons (Fsp3) is 0.500. The Morgan fingerprint density at radius 3 is 2.68 bits per heavy atom. The third-order valence-corrected chi connectivity index (χ3v) is 3.54. The van der Waals surface area contributed by atoms with Crippen LogP contribution in [0.1, 0.15) is 13.8 Å². The number of nitrogens with one attached hydrogen (secondary N) is 1. The van der Waals surface area contributed by atoms with Crippen molar-refractivity contribution in [2.24, 2.45) is 5.92 Å². The van der Waals surface area contributed by atoms with Crippen LogP contribution in [0.5, 0.6) is 5.75 Å². The molecule has 1 unspecified atom stereocenters. The summed E-state index contributed by atoms with van der Waals surface area (Å²) in [6.07, 6.45) is -0.206. The molecule has 0 radical (unpaired) electrons. The maximum atomic E-state index is 12.0. The Kier molecular flexibility index (Phi) is 5.38. The Bertz CT molecular complexity index is 527. The van der Waals surface area contributed by atoms with Crippen LogP contribution in [-0.2, 0) is 14.3 Å². The Morgan fingerprint density at radius 2 is 2.09 bits per heavy atom. The van der Waals surface area contributed by atoms with E-state index in [0.717, 1.165) is 11.4 Å². The van der Waals surface area contributed by atoms with Gasteiger partial charge in [-0.15, -0.1) is 0 Å². The number of rotatable bonds is 5. The molecule has 0 bridgehead atoms. The summed E-state index contributed by atoms with van der Waals surface area (Å²) >= 11 is 0. The number of benzene rings is 1. The Morgan fingerprint density at radius 1 is 1.41 bits per heavy atom. The van der Waals surface area contributed by atoms with E-state index in [1.165, 1.54) is 0 Å². The highest BCUT2D eigenvalue weighted by molar-refractivity contribution is 5.95. The number of amides is 2. The third-order valence-electron chi connectivity index (χ3n) is 3.54. The zero-order chi connectivity index (χ0) is 16.1. The summed E-state index contributed by atoms with van der Waals surface area (Å²) in [7, 11) is 1.60. The molecule has 1 atom stereocenters. The average molecular weight is 306 g/mol. The lowest BCUT2D eigenvalue weighted by Crippen LogP contribution is -2.51. The van der Waals surface area contributed by atoms with Crippen LogP contribution in [-0.4, -0.2) is 44.7 Å². The van der Waals surface area contributed by atoms with Gasteiger partial charge in [0.05, 0.1) is 19.8 Å². The summed E-state index contributed by atoms with van der Waals surface area (Å²) in [6.45, 7) is 4.52. The van der Waals surface area contributed by atoms with Crippen LogP contribution in [0.3, 0.4) is 0 Å². The Balaban J connectivity index is 1.98. The van der Waals surface area contributed by atoms with Gasteiger partial charge in [0.2, 0.25) is 5.91 Å². The number of morpholine rings is 1. The van der Waals surface area contributed by atoms with Crippen LogP contribution < -0.4 is 15.0 Å². The summed E-state index contributed by atoms with van der Waals surface area (Å²) in [5, 5.41) is 2.84. The van der Waals surface area contributed by atoms with Gasteiger partial charge >= 0.3 is 0 Å². The quantitative estimate of drug-likeness (QED) is 0.887. The lowest BCUT2D eigenvalue weighted by molar-refractivity contribution is -0.130. The molecule has 0 saturated carbocycles. The maximum Gasteiger partial charge on any atom is 0.253 e. The molecule has 0 spiro atoms. The molecule has 1 N–H and O–H groups in total. The zero-order valence-corrected chi connectivity index (χ0v) is 13.2. The van der Waals surface area contributed by atoms with Crippen molar-refractivity contribution in [2.75, 3.05) is 31.7 Å². The molecular weight excluding hydrogens is 284 g/mol. The molecule has 1 heterocycles. The van der Waals surface area contributed by atoms with Crippen LogP contribution in [0.15, 0.2) is 24.3 Å². The summed E-state index contributed by atoms with van der Waals surface area (Å²) < 4.78 is 10.6. The molecule has 0 aliphatic carbocycles. The topological polar surface area (TPSA) is 67.9 Å². The maximum absolute atomic E-state index is 12.0. The standard InChI is InChI=1S/C16H22N2O4/c1-11(2)16(20)17-8-14-9-18(15(19)10-22-14)12-4-6-13(21-3)7-5-12/h4-7,11,14H,8-10H2,1-3H3,(H,17,20). The normalized spacial score (nSPS) is 18.5. The zero-order valence-electron chi connectivity index (χ0n) is 13.2. The van der Waals surface area contributed by atoms with E-state index in [1.54, 1.807) is 12.0 Å². The summed E-state index contributed by atoms with van der Waals surface area (Å²) in [5.74, 6) is 0.571. The lowest BCUT2D eigenvalue weighted by Gasteiger charge is -2.33. The van der Waals surface area contributed by atoms with E-state index in [2.05, 4.69) is 5.32 Å². The van der Waals surface area contributed by atoms with Gasteiger partial charge in [0.1, 0.15) is 12.4 Å². The van der Waals surface area contributed by atoms with Gasteiger partial charge in [0.25, 0.3) is 5.91 Å². The van der Waals surface area contributed by atoms with E-state index in [9.17, 15) is 9.59 Å². The minimum atomic E-state index is -0.206. The van der Waals surface area contributed by atoms with E-state index in [0.29, 0.717) is 13.1 Å². The molecule has 1 fully saturated rings. The highest BCUT2D eigenvalue weighted by Crippen LogP contribution is 2.21. The molecule has 2 rings (SSSR count). The van der Waals surface area contributed by atoms with Gasteiger partial charge in [-0.25, -0.2) is 0 Å². The van der Waals surface area contributed by atoms with E-state index >= 15 is 0 Å². The monoisotopic (exact) mass is 306 g/mol. The van der Waals surface area contributed by atoms with E-state index in [1.807, 2.05) is 38.1 Å². The van der Waals surface area contributed by atoms with Crippen molar-refractivity contribution >= 4 is 17.5 Å². The second-order valence-corrected chi connectivity index (χ2v) is 5.54.